The Balaban J connectivity index is 2.06. The van der Waals surface area contributed by atoms with Gasteiger partial charge in [0.05, 0.1) is 17.9 Å². The molecule has 2 aromatic heterocycles. The van der Waals surface area contributed by atoms with Crippen LogP contribution in [0, 0.1) is 11.6 Å². The molecule has 3 aromatic rings. The third kappa shape index (κ3) is 4.71. The highest BCUT2D eigenvalue weighted by Gasteiger charge is 2.29. The minimum Gasteiger partial charge on any atom is -0.345 e. The van der Waals surface area contributed by atoms with E-state index in [1.807, 2.05) is 0 Å². The van der Waals surface area contributed by atoms with Gasteiger partial charge < -0.3 is 4.57 Å². The summed E-state index contributed by atoms with van der Waals surface area (Å²) in [7, 11) is -2.26. The molecule has 0 aliphatic heterocycles. The lowest BCUT2D eigenvalue weighted by Crippen LogP contribution is -2.33. The van der Waals surface area contributed by atoms with Gasteiger partial charge in [-0.2, -0.15) is 4.31 Å². The van der Waals surface area contributed by atoms with E-state index in [2.05, 4.69) is 4.98 Å². The molecule has 0 saturated heterocycles. The van der Waals surface area contributed by atoms with Gasteiger partial charge in [-0.3, -0.25) is 14.7 Å². The summed E-state index contributed by atoms with van der Waals surface area (Å²) in [5.74, 6) is -2.34. The molecule has 0 N–H and O–H groups in total. The summed E-state index contributed by atoms with van der Waals surface area (Å²) in [5, 5.41) is 0. The van der Waals surface area contributed by atoms with Crippen molar-refractivity contribution in [1.82, 2.24) is 13.9 Å². The van der Waals surface area contributed by atoms with Crippen molar-refractivity contribution in [2.45, 2.75) is 25.3 Å². The number of pyridine rings is 1. The lowest BCUT2D eigenvalue weighted by Gasteiger charge is -2.23. The summed E-state index contributed by atoms with van der Waals surface area (Å²) in [6.45, 7) is 3.92. The number of aromatic nitrogens is 2. The van der Waals surface area contributed by atoms with Crippen molar-refractivity contribution in [2.24, 2.45) is 7.05 Å². The predicted molar refractivity (Wildman–Crippen MR) is 117 cm³/mol. The van der Waals surface area contributed by atoms with Crippen LogP contribution in [0.2, 0.25) is 0 Å². The molecule has 7 nitrogen and oxygen atoms in total. The Hall–Kier alpha value is -3.11. The lowest BCUT2D eigenvalue weighted by atomic mass is 10.2. The molecule has 0 atom stereocenters. The minimum absolute atomic E-state index is 0.0374. The summed E-state index contributed by atoms with van der Waals surface area (Å²) in [4.78, 5) is 18.7. The predicted octanol–water partition coefficient (Wildman–Crippen LogP) is 3.58. The van der Waals surface area contributed by atoms with Crippen molar-refractivity contribution in [1.29, 1.82) is 0 Å². The molecule has 0 aliphatic carbocycles. The summed E-state index contributed by atoms with van der Waals surface area (Å²) in [5.41, 5.74) is 0.376. The van der Waals surface area contributed by atoms with Crippen LogP contribution in [-0.2, 0) is 23.6 Å². The van der Waals surface area contributed by atoms with Gasteiger partial charge in [0.15, 0.2) is 0 Å². The smallest absolute Gasteiger partial charge is 0.275 e. The average Bonchev–Trinajstić information content (AvgIpc) is 3.16. The molecule has 0 spiro atoms. The van der Waals surface area contributed by atoms with Crippen LogP contribution in [0.15, 0.2) is 59.8 Å². The maximum Gasteiger partial charge on any atom is 0.275 e. The van der Waals surface area contributed by atoms with Gasteiger partial charge in [-0.15, -0.1) is 0 Å². The Bertz CT molecular complexity index is 1210. The van der Waals surface area contributed by atoms with E-state index in [9.17, 15) is 22.0 Å². The van der Waals surface area contributed by atoms with Gasteiger partial charge >= 0.3 is 0 Å². The van der Waals surface area contributed by atoms with E-state index in [4.69, 9.17) is 0 Å². The molecule has 0 aliphatic rings. The van der Waals surface area contributed by atoms with E-state index in [0.29, 0.717) is 11.8 Å². The van der Waals surface area contributed by atoms with Crippen LogP contribution in [0.25, 0.3) is 0 Å². The van der Waals surface area contributed by atoms with Crippen LogP contribution in [0.3, 0.4) is 0 Å². The normalized spacial score (nSPS) is 11.7. The molecule has 32 heavy (non-hydrogen) atoms. The molecule has 170 valence electrons. The number of carbonyl (C=O) groups is 1. The Labute approximate surface area is 186 Å². The van der Waals surface area contributed by atoms with Gasteiger partial charge in [-0.1, -0.05) is 19.9 Å². The second-order valence-electron chi connectivity index (χ2n) is 7.07. The molecule has 0 bridgehead atoms. The first-order chi connectivity index (χ1) is 15.2. The van der Waals surface area contributed by atoms with E-state index in [-0.39, 0.29) is 35.9 Å². The molecule has 1 amide bonds. The van der Waals surface area contributed by atoms with E-state index in [1.54, 1.807) is 32.0 Å². The lowest BCUT2D eigenvalue weighted by molar-refractivity contribution is 0.0976. The second kappa shape index (κ2) is 9.58. The van der Waals surface area contributed by atoms with Crippen LogP contribution >= 0.6 is 0 Å². The fraction of sp³-hybridized carbons (Fsp3) is 0.273. The number of halogens is 2. The Kier molecular flexibility index (Phi) is 7.05. The summed E-state index contributed by atoms with van der Waals surface area (Å²) >= 11 is 0. The van der Waals surface area contributed by atoms with Gasteiger partial charge in [0, 0.05) is 38.6 Å². The Morgan fingerprint density at radius 1 is 1.09 bits per heavy atom. The summed E-state index contributed by atoms with van der Waals surface area (Å²) in [6.07, 6.45) is 2.89. The second-order valence-corrected chi connectivity index (χ2v) is 9.01. The van der Waals surface area contributed by atoms with Crippen LogP contribution in [0.1, 0.15) is 30.0 Å². The number of nitrogens with zero attached hydrogens (tertiary/aromatic N) is 4. The van der Waals surface area contributed by atoms with Gasteiger partial charge in [-0.05, 0) is 30.3 Å². The molecule has 10 heteroatoms. The zero-order valence-electron chi connectivity index (χ0n) is 18.0. The van der Waals surface area contributed by atoms with Gasteiger partial charge in [-0.25, -0.2) is 17.2 Å². The largest absolute Gasteiger partial charge is 0.345 e. The monoisotopic (exact) mass is 462 g/mol. The van der Waals surface area contributed by atoms with E-state index in [0.717, 1.165) is 11.0 Å². The molecule has 0 saturated carbocycles. The quantitative estimate of drug-likeness (QED) is 0.513. The third-order valence-corrected chi connectivity index (χ3v) is 7.05. The fourth-order valence-electron chi connectivity index (χ4n) is 3.36. The number of anilines is 1. The molecular formula is C22H24F2N4O3S. The first kappa shape index (κ1) is 23.6. The highest BCUT2D eigenvalue weighted by Crippen LogP contribution is 2.26. The van der Waals surface area contributed by atoms with Crippen molar-refractivity contribution >= 4 is 21.6 Å². The highest BCUT2D eigenvalue weighted by molar-refractivity contribution is 7.89. The topological polar surface area (TPSA) is 75.5 Å². The summed E-state index contributed by atoms with van der Waals surface area (Å²) < 4.78 is 56.5. The van der Waals surface area contributed by atoms with Gasteiger partial charge in [0.1, 0.15) is 22.2 Å². The number of amides is 1. The molecular weight excluding hydrogens is 438 g/mol. The standard InChI is InChI=1S/C22H24F2N4O3S/c1-4-27(5-2)32(30,31)18-13-21(26(3)15-18)22(29)28(14-17-8-6-7-11-25-17)20-10-9-16(23)12-19(20)24/h6-13,15H,4-5,14H2,1-3H3. The number of hydrogen-bond acceptors (Lipinski definition) is 4. The number of carbonyl (C=O) groups excluding carboxylic acids is 1. The van der Waals surface area contributed by atoms with Crippen LogP contribution < -0.4 is 4.90 Å². The van der Waals surface area contributed by atoms with Crippen LogP contribution in [0.5, 0.6) is 0 Å². The average molecular weight is 463 g/mol. The maximum atomic E-state index is 14.6. The van der Waals surface area contributed by atoms with E-state index >= 15 is 0 Å². The van der Waals surface area contributed by atoms with Crippen LogP contribution in [-0.4, -0.2) is 41.3 Å². The number of hydrogen-bond donors (Lipinski definition) is 0. The molecule has 3 rings (SSSR count). The van der Waals surface area contributed by atoms with E-state index < -0.39 is 27.6 Å². The van der Waals surface area contributed by atoms with Gasteiger partial charge in [0.2, 0.25) is 10.0 Å². The van der Waals surface area contributed by atoms with Crippen LogP contribution in [0.4, 0.5) is 14.5 Å². The fourth-order valence-corrected chi connectivity index (χ4v) is 4.89. The highest BCUT2D eigenvalue weighted by atomic mass is 32.2. The zero-order valence-corrected chi connectivity index (χ0v) is 18.8. The first-order valence-electron chi connectivity index (χ1n) is 10.0. The SMILES string of the molecule is CCN(CC)S(=O)(=O)c1cc(C(=O)N(Cc2ccccn2)c2ccc(F)cc2F)n(C)c1. The minimum atomic E-state index is -3.79. The molecule has 0 unspecified atom stereocenters. The first-order valence-corrected chi connectivity index (χ1v) is 11.5. The van der Waals surface area contributed by atoms with Crippen molar-refractivity contribution in [3.05, 3.63) is 77.9 Å². The molecule has 2 heterocycles. The Morgan fingerprint density at radius 2 is 1.81 bits per heavy atom. The summed E-state index contributed by atoms with van der Waals surface area (Å²) in [6, 6.07) is 9.28. The molecule has 0 fully saturated rings. The third-order valence-electron chi connectivity index (χ3n) is 5.03. The maximum absolute atomic E-state index is 14.6. The number of rotatable bonds is 8. The molecule has 1 aromatic carbocycles. The Morgan fingerprint density at radius 3 is 2.41 bits per heavy atom. The zero-order chi connectivity index (χ0) is 23.5. The van der Waals surface area contributed by atoms with Crippen molar-refractivity contribution in [3.8, 4) is 0 Å². The van der Waals surface area contributed by atoms with E-state index in [1.165, 1.54) is 40.4 Å². The van der Waals surface area contributed by atoms with Crippen molar-refractivity contribution < 1.29 is 22.0 Å². The molecule has 0 radical (unpaired) electrons. The van der Waals surface area contributed by atoms with Gasteiger partial charge in [0.25, 0.3) is 5.91 Å². The van der Waals surface area contributed by atoms with Crippen molar-refractivity contribution in [3.63, 3.8) is 0 Å². The number of benzene rings is 1. The number of aryl methyl sites for hydroxylation is 1. The number of sulfonamides is 1. The van der Waals surface area contributed by atoms with Crippen molar-refractivity contribution in [2.75, 3.05) is 18.0 Å².